The van der Waals surface area contributed by atoms with Crippen molar-refractivity contribution in [3.05, 3.63) is 65.2 Å². The van der Waals surface area contributed by atoms with Gasteiger partial charge in [0, 0.05) is 22.5 Å². The highest BCUT2D eigenvalue weighted by Crippen LogP contribution is 2.26. The standard InChI is InChI=1S/C22H20ClN3O4/c1-3-24-22(29)26-20(27)13(2)30-21(28)17-12-19(14-8-10-15(23)11-9-14)25-18-7-5-4-6-16(17)18/h4-13H,3H2,1-2H3,(H2,24,26,27,29). The number of ether oxygens (including phenoxy) is 1. The predicted molar refractivity (Wildman–Crippen MR) is 114 cm³/mol. The summed E-state index contributed by atoms with van der Waals surface area (Å²) in [4.78, 5) is 41.1. The number of nitrogens with zero attached hydrogens (tertiary/aromatic N) is 1. The molecule has 3 amide bonds. The number of carbonyl (C=O) groups excluding carboxylic acids is 3. The van der Waals surface area contributed by atoms with Gasteiger partial charge in [0.2, 0.25) is 0 Å². The van der Waals surface area contributed by atoms with Crippen molar-refractivity contribution in [3.63, 3.8) is 0 Å². The van der Waals surface area contributed by atoms with E-state index >= 15 is 0 Å². The third kappa shape index (κ3) is 4.93. The van der Waals surface area contributed by atoms with Crippen LogP contribution < -0.4 is 10.6 Å². The molecule has 1 heterocycles. The SMILES string of the molecule is CCNC(=O)NC(=O)C(C)OC(=O)c1cc(-c2ccc(Cl)cc2)nc2ccccc12. The van der Waals surface area contributed by atoms with Crippen LogP contribution in [0.2, 0.25) is 5.02 Å². The summed E-state index contributed by atoms with van der Waals surface area (Å²) in [5.41, 5.74) is 2.22. The number of aromatic nitrogens is 1. The molecule has 8 heteroatoms. The molecule has 0 radical (unpaired) electrons. The number of hydrogen-bond donors (Lipinski definition) is 2. The summed E-state index contributed by atoms with van der Waals surface area (Å²) in [6, 6.07) is 15.2. The van der Waals surface area contributed by atoms with E-state index in [1.54, 1.807) is 55.5 Å². The Morgan fingerprint density at radius 1 is 1.10 bits per heavy atom. The molecule has 154 valence electrons. The smallest absolute Gasteiger partial charge is 0.339 e. The Hall–Kier alpha value is -3.45. The number of halogens is 1. The molecule has 0 saturated heterocycles. The average molecular weight is 426 g/mol. The molecule has 7 nitrogen and oxygen atoms in total. The first-order valence-electron chi connectivity index (χ1n) is 9.34. The second-order valence-corrected chi connectivity index (χ2v) is 6.91. The number of urea groups is 1. The number of amides is 3. The maximum atomic E-state index is 12.9. The zero-order chi connectivity index (χ0) is 21.7. The second-order valence-electron chi connectivity index (χ2n) is 6.48. The largest absolute Gasteiger partial charge is 0.449 e. The van der Waals surface area contributed by atoms with E-state index in [1.807, 2.05) is 6.07 Å². The molecule has 0 aliphatic rings. The number of benzene rings is 2. The van der Waals surface area contributed by atoms with E-state index in [1.165, 1.54) is 6.92 Å². The maximum Gasteiger partial charge on any atom is 0.339 e. The van der Waals surface area contributed by atoms with Crippen LogP contribution in [0.25, 0.3) is 22.2 Å². The highest BCUT2D eigenvalue weighted by molar-refractivity contribution is 6.30. The minimum absolute atomic E-state index is 0.267. The first-order chi connectivity index (χ1) is 14.4. The highest BCUT2D eigenvalue weighted by Gasteiger charge is 2.22. The van der Waals surface area contributed by atoms with Crippen LogP contribution in [0.5, 0.6) is 0 Å². The van der Waals surface area contributed by atoms with Crippen LogP contribution in [0.3, 0.4) is 0 Å². The fourth-order valence-electron chi connectivity index (χ4n) is 2.81. The maximum absolute atomic E-state index is 12.9. The molecule has 2 aromatic carbocycles. The quantitative estimate of drug-likeness (QED) is 0.603. The van der Waals surface area contributed by atoms with Gasteiger partial charge in [0.15, 0.2) is 6.10 Å². The van der Waals surface area contributed by atoms with E-state index in [9.17, 15) is 14.4 Å². The topological polar surface area (TPSA) is 97.4 Å². The lowest BCUT2D eigenvalue weighted by Gasteiger charge is -2.15. The number of para-hydroxylation sites is 1. The summed E-state index contributed by atoms with van der Waals surface area (Å²) >= 11 is 5.96. The Labute approximate surface area is 178 Å². The van der Waals surface area contributed by atoms with Crippen LogP contribution in [0.15, 0.2) is 54.6 Å². The molecular formula is C22H20ClN3O4. The fraction of sp³-hybridized carbons (Fsp3) is 0.182. The molecule has 0 aliphatic carbocycles. The highest BCUT2D eigenvalue weighted by atomic mass is 35.5. The van der Waals surface area contributed by atoms with Crippen molar-refractivity contribution < 1.29 is 19.1 Å². The van der Waals surface area contributed by atoms with E-state index in [0.29, 0.717) is 28.2 Å². The Morgan fingerprint density at radius 2 is 1.80 bits per heavy atom. The molecule has 30 heavy (non-hydrogen) atoms. The monoisotopic (exact) mass is 425 g/mol. The first-order valence-corrected chi connectivity index (χ1v) is 9.72. The van der Waals surface area contributed by atoms with Crippen molar-refractivity contribution in [1.82, 2.24) is 15.6 Å². The predicted octanol–water partition coefficient (Wildman–Crippen LogP) is 3.95. The Bertz CT molecular complexity index is 1100. The summed E-state index contributed by atoms with van der Waals surface area (Å²) < 4.78 is 5.32. The molecule has 1 aromatic heterocycles. The molecular weight excluding hydrogens is 406 g/mol. The number of pyridine rings is 1. The number of esters is 1. The third-order valence-electron chi connectivity index (χ3n) is 4.30. The molecule has 0 bridgehead atoms. The van der Waals surface area contributed by atoms with Crippen LogP contribution in [-0.2, 0) is 9.53 Å². The van der Waals surface area contributed by atoms with Gasteiger partial charge in [-0.05, 0) is 38.1 Å². The normalized spacial score (nSPS) is 11.6. The van der Waals surface area contributed by atoms with Crippen LogP contribution in [0.4, 0.5) is 4.79 Å². The lowest BCUT2D eigenvalue weighted by atomic mass is 10.0. The number of carbonyl (C=O) groups is 3. The lowest BCUT2D eigenvalue weighted by Crippen LogP contribution is -2.44. The summed E-state index contributed by atoms with van der Waals surface area (Å²) in [6.45, 7) is 3.49. The Balaban J connectivity index is 1.90. The number of fused-ring (bicyclic) bond motifs is 1. The van der Waals surface area contributed by atoms with E-state index in [4.69, 9.17) is 16.3 Å². The van der Waals surface area contributed by atoms with Crippen molar-refractivity contribution in [2.45, 2.75) is 20.0 Å². The lowest BCUT2D eigenvalue weighted by molar-refractivity contribution is -0.127. The summed E-state index contributed by atoms with van der Waals surface area (Å²) in [5, 5.41) is 5.75. The van der Waals surface area contributed by atoms with Gasteiger partial charge in [-0.3, -0.25) is 10.1 Å². The van der Waals surface area contributed by atoms with Crippen molar-refractivity contribution in [3.8, 4) is 11.3 Å². The number of nitrogens with one attached hydrogen (secondary N) is 2. The minimum atomic E-state index is -1.16. The van der Waals surface area contributed by atoms with Gasteiger partial charge in [0.1, 0.15) is 0 Å². The molecule has 2 N–H and O–H groups in total. The van der Waals surface area contributed by atoms with Crippen LogP contribution >= 0.6 is 11.6 Å². The van der Waals surface area contributed by atoms with E-state index in [0.717, 1.165) is 5.56 Å². The van der Waals surface area contributed by atoms with Gasteiger partial charge in [-0.15, -0.1) is 0 Å². The van der Waals surface area contributed by atoms with Crippen LogP contribution in [0.1, 0.15) is 24.2 Å². The molecule has 0 spiro atoms. The number of imide groups is 1. The fourth-order valence-corrected chi connectivity index (χ4v) is 2.93. The summed E-state index contributed by atoms with van der Waals surface area (Å²) in [6.07, 6.45) is -1.16. The van der Waals surface area contributed by atoms with Gasteiger partial charge < -0.3 is 10.1 Å². The molecule has 0 saturated carbocycles. The molecule has 3 rings (SSSR count). The summed E-state index contributed by atoms with van der Waals surface area (Å²) in [5.74, 6) is -1.41. The average Bonchev–Trinajstić information content (AvgIpc) is 2.73. The van der Waals surface area contributed by atoms with Gasteiger partial charge in [-0.1, -0.05) is 41.9 Å². The zero-order valence-corrected chi connectivity index (χ0v) is 17.2. The van der Waals surface area contributed by atoms with Crippen molar-refractivity contribution in [1.29, 1.82) is 0 Å². The van der Waals surface area contributed by atoms with Crippen molar-refractivity contribution in [2.24, 2.45) is 0 Å². The Kier molecular flexibility index (Phi) is 6.64. The van der Waals surface area contributed by atoms with E-state index < -0.39 is 24.0 Å². The van der Waals surface area contributed by atoms with Gasteiger partial charge in [0.25, 0.3) is 5.91 Å². The number of hydrogen-bond acceptors (Lipinski definition) is 5. The molecule has 0 fully saturated rings. The van der Waals surface area contributed by atoms with E-state index in [2.05, 4.69) is 15.6 Å². The van der Waals surface area contributed by atoms with Gasteiger partial charge in [-0.2, -0.15) is 0 Å². The van der Waals surface area contributed by atoms with Crippen LogP contribution in [-0.4, -0.2) is 35.5 Å². The van der Waals surface area contributed by atoms with Gasteiger partial charge >= 0.3 is 12.0 Å². The Morgan fingerprint density at radius 3 is 2.50 bits per heavy atom. The third-order valence-corrected chi connectivity index (χ3v) is 4.56. The molecule has 1 atom stereocenters. The zero-order valence-electron chi connectivity index (χ0n) is 16.4. The minimum Gasteiger partial charge on any atom is -0.449 e. The van der Waals surface area contributed by atoms with Crippen molar-refractivity contribution in [2.75, 3.05) is 6.54 Å². The van der Waals surface area contributed by atoms with Crippen molar-refractivity contribution >= 4 is 40.4 Å². The first kappa shape index (κ1) is 21.3. The molecule has 3 aromatic rings. The summed E-state index contributed by atoms with van der Waals surface area (Å²) in [7, 11) is 0. The van der Waals surface area contributed by atoms with Crippen LogP contribution in [0, 0.1) is 0 Å². The molecule has 0 aliphatic heterocycles. The number of rotatable bonds is 5. The van der Waals surface area contributed by atoms with Gasteiger partial charge in [0.05, 0.1) is 16.8 Å². The van der Waals surface area contributed by atoms with Gasteiger partial charge in [-0.25, -0.2) is 14.6 Å². The molecule has 1 unspecified atom stereocenters. The second kappa shape index (κ2) is 9.37. The van der Waals surface area contributed by atoms with E-state index in [-0.39, 0.29) is 5.56 Å².